The summed E-state index contributed by atoms with van der Waals surface area (Å²) in [7, 11) is 1.62. The van der Waals surface area contributed by atoms with Crippen LogP contribution in [0.2, 0.25) is 0 Å². The molecule has 0 saturated carbocycles. The lowest BCUT2D eigenvalue weighted by Crippen LogP contribution is -2.46. The number of benzene rings is 2. The van der Waals surface area contributed by atoms with Gasteiger partial charge >= 0.3 is 6.03 Å². The number of hydrogen-bond acceptors (Lipinski definition) is 3. The second-order valence-electron chi connectivity index (χ2n) is 5.54. The van der Waals surface area contributed by atoms with Crippen molar-refractivity contribution in [1.82, 2.24) is 10.6 Å². The molecule has 2 aromatic carbocycles. The van der Waals surface area contributed by atoms with E-state index in [1.165, 1.54) is 0 Å². The first-order valence-electron chi connectivity index (χ1n) is 8.12. The number of rotatable bonds is 7. The van der Waals surface area contributed by atoms with E-state index in [2.05, 4.69) is 16.0 Å². The molecule has 6 heteroatoms. The van der Waals surface area contributed by atoms with E-state index < -0.39 is 6.04 Å². The van der Waals surface area contributed by atoms with Crippen LogP contribution in [0.4, 0.5) is 10.5 Å². The van der Waals surface area contributed by atoms with Gasteiger partial charge < -0.3 is 20.7 Å². The second-order valence-corrected chi connectivity index (χ2v) is 5.54. The minimum absolute atomic E-state index is 0.272. The summed E-state index contributed by atoms with van der Waals surface area (Å²) in [5.41, 5.74) is 1.71. The van der Waals surface area contributed by atoms with Crippen LogP contribution in [0, 0.1) is 0 Å². The zero-order valence-electron chi connectivity index (χ0n) is 14.4. The maximum Gasteiger partial charge on any atom is 0.315 e. The fourth-order valence-electron chi connectivity index (χ4n) is 2.31. The minimum Gasteiger partial charge on any atom is -0.496 e. The Morgan fingerprint density at radius 3 is 2.44 bits per heavy atom. The van der Waals surface area contributed by atoms with Crippen molar-refractivity contribution in [3.8, 4) is 5.75 Å². The molecule has 0 aromatic heterocycles. The largest absolute Gasteiger partial charge is 0.496 e. The van der Waals surface area contributed by atoms with Gasteiger partial charge in [-0.2, -0.15) is 0 Å². The summed E-state index contributed by atoms with van der Waals surface area (Å²) in [6, 6.07) is 15.7. The van der Waals surface area contributed by atoms with Crippen LogP contribution in [0.5, 0.6) is 5.75 Å². The number of carbonyl (C=O) groups is 2. The van der Waals surface area contributed by atoms with Gasteiger partial charge in [-0.3, -0.25) is 4.79 Å². The van der Waals surface area contributed by atoms with Crippen molar-refractivity contribution >= 4 is 17.6 Å². The van der Waals surface area contributed by atoms with E-state index in [1.807, 2.05) is 42.5 Å². The average Bonchev–Trinajstić information content (AvgIpc) is 2.63. The van der Waals surface area contributed by atoms with Gasteiger partial charge in [-0.15, -0.1) is 0 Å². The van der Waals surface area contributed by atoms with Gasteiger partial charge in [0.25, 0.3) is 0 Å². The Kier molecular flexibility index (Phi) is 6.83. The molecule has 0 spiro atoms. The van der Waals surface area contributed by atoms with E-state index in [0.717, 1.165) is 11.3 Å². The van der Waals surface area contributed by atoms with Crippen LogP contribution in [0.3, 0.4) is 0 Å². The van der Waals surface area contributed by atoms with Gasteiger partial charge in [0.1, 0.15) is 11.8 Å². The summed E-state index contributed by atoms with van der Waals surface area (Å²) in [5.74, 6) is 0.520. The summed E-state index contributed by atoms with van der Waals surface area (Å²) in [6.45, 7) is 2.08. The molecule has 0 fully saturated rings. The fourth-order valence-corrected chi connectivity index (χ4v) is 2.31. The zero-order valence-corrected chi connectivity index (χ0v) is 14.4. The van der Waals surface area contributed by atoms with Crippen LogP contribution < -0.4 is 20.7 Å². The van der Waals surface area contributed by atoms with Crippen molar-refractivity contribution in [3.05, 3.63) is 60.2 Å². The van der Waals surface area contributed by atoms with Crippen molar-refractivity contribution in [2.45, 2.75) is 19.4 Å². The molecule has 0 heterocycles. The van der Waals surface area contributed by atoms with Crippen LogP contribution in [0.1, 0.15) is 12.5 Å². The highest BCUT2D eigenvalue weighted by molar-refractivity contribution is 5.96. The molecule has 2 rings (SSSR count). The first kappa shape index (κ1) is 18.3. The molecule has 0 aliphatic heterocycles. The molecule has 25 heavy (non-hydrogen) atoms. The third kappa shape index (κ3) is 5.84. The summed E-state index contributed by atoms with van der Waals surface area (Å²) in [6.07, 6.45) is 0.641. The van der Waals surface area contributed by atoms with E-state index in [9.17, 15) is 9.59 Å². The average molecular weight is 341 g/mol. The Hall–Kier alpha value is -3.02. The molecule has 0 bridgehead atoms. The predicted octanol–water partition coefficient (Wildman–Crippen LogP) is 2.56. The molecule has 6 nitrogen and oxygen atoms in total. The molecule has 3 N–H and O–H groups in total. The normalized spacial score (nSPS) is 11.3. The van der Waals surface area contributed by atoms with Gasteiger partial charge in [0.2, 0.25) is 5.91 Å². The molecule has 0 aliphatic rings. The quantitative estimate of drug-likeness (QED) is 0.724. The summed E-state index contributed by atoms with van der Waals surface area (Å²) >= 11 is 0. The highest BCUT2D eigenvalue weighted by Gasteiger charge is 2.15. The number of nitrogens with one attached hydrogen (secondary N) is 3. The maximum absolute atomic E-state index is 12.1. The Bertz CT molecular complexity index is 704. The van der Waals surface area contributed by atoms with Gasteiger partial charge in [0.05, 0.1) is 7.11 Å². The third-order valence-electron chi connectivity index (χ3n) is 3.65. The number of para-hydroxylation sites is 2. The molecule has 1 atom stereocenters. The number of methoxy groups -OCH3 is 1. The first-order chi connectivity index (χ1) is 12.1. The molecule has 3 amide bonds. The lowest BCUT2D eigenvalue weighted by atomic mass is 10.1. The fraction of sp³-hybridized carbons (Fsp3) is 0.263. The molecule has 2 aromatic rings. The van der Waals surface area contributed by atoms with Gasteiger partial charge in [0.15, 0.2) is 0 Å². The third-order valence-corrected chi connectivity index (χ3v) is 3.65. The summed E-state index contributed by atoms with van der Waals surface area (Å²) in [4.78, 5) is 24.0. The second kappa shape index (κ2) is 9.32. The Balaban J connectivity index is 1.75. The van der Waals surface area contributed by atoms with E-state index in [0.29, 0.717) is 18.7 Å². The molecule has 0 saturated heterocycles. The number of hydrogen-bond donors (Lipinski definition) is 3. The Morgan fingerprint density at radius 2 is 1.72 bits per heavy atom. The van der Waals surface area contributed by atoms with Crippen LogP contribution in [0.15, 0.2) is 54.6 Å². The molecular formula is C19H23N3O3. The number of amides is 3. The van der Waals surface area contributed by atoms with Crippen molar-refractivity contribution in [2.75, 3.05) is 19.0 Å². The van der Waals surface area contributed by atoms with Crippen molar-refractivity contribution in [1.29, 1.82) is 0 Å². The lowest BCUT2D eigenvalue weighted by molar-refractivity contribution is -0.117. The van der Waals surface area contributed by atoms with E-state index in [4.69, 9.17) is 4.74 Å². The van der Waals surface area contributed by atoms with Gasteiger partial charge in [-0.05, 0) is 37.1 Å². The van der Waals surface area contributed by atoms with Crippen molar-refractivity contribution < 1.29 is 14.3 Å². The topological polar surface area (TPSA) is 79.5 Å². The van der Waals surface area contributed by atoms with Crippen LogP contribution in [-0.2, 0) is 11.2 Å². The van der Waals surface area contributed by atoms with Crippen LogP contribution in [0.25, 0.3) is 0 Å². The number of carbonyl (C=O) groups excluding carboxylic acids is 2. The molecule has 0 radical (unpaired) electrons. The molecule has 132 valence electrons. The Morgan fingerprint density at radius 1 is 1.04 bits per heavy atom. The highest BCUT2D eigenvalue weighted by Crippen LogP contribution is 2.17. The van der Waals surface area contributed by atoms with E-state index in [1.54, 1.807) is 26.2 Å². The molecular weight excluding hydrogens is 318 g/mol. The van der Waals surface area contributed by atoms with Gasteiger partial charge in [0, 0.05) is 12.2 Å². The first-order valence-corrected chi connectivity index (χ1v) is 8.12. The lowest BCUT2D eigenvalue weighted by Gasteiger charge is -2.15. The SMILES string of the molecule is COc1ccccc1CCNC(=O)NC(C)C(=O)Nc1ccccc1. The smallest absolute Gasteiger partial charge is 0.315 e. The predicted molar refractivity (Wildman–Crippen MR) is 97.8 cm³/mol. The van der Waals surface area contributed by atoms with E-state index >= 15 is 0 Å². The highest BCUT2D eigenvalue weighted by atomic mass is 16.5. The summed E-state index contributed by atoms with van der Waals surface area (Å²) in [5, 5.41) is 8.11. The van der Waals surface area contributed by atoms with Gasteiger partial charge in [-0.25, -0.2) is 4.79 Å². The number of urea groups is 1. The maximum atomic E-state index is 12.1. The van der Waals surface area contributed by atoms with Crippen molar-refractivity contribution in [3.63, 3.8) is 0 Å². The molecule has 0 aliphatic carbocycles. The molecule has 1 unspecified atom stereocenters. The monoisotopic (exact) mass is 341 g/mol. The van der Waals surface area contributed by atoms with Gasteiger partial charge in [-0.1, -0.05) is 36.4 Å². The number of anilines is 1. The zero-order chi connectivity index (χ0) is 18.1. The van der Waals surface area contributed by atoms with E-state index in [-0.39, 0.29) is 11.9 Å². The Labute approximate surface area is 147 Å². The number of ether oxygens (including phenoxy) is 1. The van der Waals surface area contributed by atoms with Crippen LogP contribution in [-0.4, -0.2) is 31.6 Å². The minimum atomic E-state index is -0.647. The summed E-state index contributed by atoms with van der Waals surface area (Å²) < 4.78 is 5.27. The van der Waals surface area contributed by atoms with Crippen molar-refractivity contribution in [2.24, 2.45) is 0 Å². The van der Waals surface area contributed by atoms with Crippen LogP contribution >= 0.6 is 0 Å². The standard InChI is InChI=1S/C19H23N3O3/c1-14(18(23)22-16-9-4-3-5-10-16)21-19(24)20-13-12-15-8-6-7-11-17(15)25-2/h3-11,14H,12-13H2,1-2H3,(H,22,23)(H2,20,21,24).